The molecule has 2 N–H and O–H groups in total. The minimum Gasteiger partial charge on any atom is -0.463 e. The van der Waals surface area contributed by atoms with Gasteiger partial charge in [0.05, 0.1) is 27.3 Å². The number of esters is 1. The summed E-state index contributed by atoms with van der Waals surface area (Å²) in [5.74, 6) is -0.390. The van der Waals surface area contributed by atoms with Gasteiger partial charge in [-0.25, -0.2) is 4.79 Å². The highest BCUT2D eigenvalue weighted by Crippen LogP contribution is 2.29. The van der Waals surface area contributed by atoms with Crippen molar-refractivity contribution in [2.75, 3.05) is 6.61 Å². The van der Waals surface area contributed by atoms with Gasteiger partial charge in [0.2, 0.25) is 5.91 Å². The largest absolute Gasteiger partial charge is 0.463 e. The van der Waals surface area contributed by atoms with Crippen LogP contribution in [-0.4, -0.2) is 23.1 Å². The second-order valence-electron chi connectivity index (χ2n) is 6.03. The van der Waals surface area contributed by atoms with Crippen LogP contribution in [0.3, 0.4) is 0 Å². The summed E-state index contributed by atoms with van der Waals surface area (Å²) in [6.45, 7) is 1.49. The number of carbonyl (C=O) groups excluding carboxylic acids is 2. The van der Waals surface area contributed by atoms with Crippen LogP contribution in [0.15, 0.2) is 39.5 Å². The number of ether oxygens (including phenoxy) is 1. The number of amides is 1. The molecule has 1 amide bonds. The molecule has 3 rings (SSSR count). The van der Waals surface area contributed by atoms with E-state index in [1.165, 1.54) is 6.08 Å². The third-order valence-corrected chi connectivity index (χ3v) is 5.68. The van der Waals surface area contributed by atoms with Crippen molar-refractivity contribution < 1.29 is 18.7 Å². The Morgan fingerprint density at radius 2 is 2.00 bits per heavy atom. The summed E-state index contributed by atoms with van der Waals surface area (Å²) >= 11 is 13.0. The fourth-order valence-corrected chi connectivity index (χ4v) is 3.91. The Bertz CT molecular complexity index is 1290. The van der Waals surface area contributed by atoms with Crippen molar-refractivity contribution in [2.45, 2.75) is 13.5 Å². The molecule has 156 valence electrons. The van der Waals surface area contributed by atoms with Gasteiger partial charge >= 0.3 is 5.97 Å². The molecule has 0 aliphatic rings. The number of hydrogen-bond acceptors (Lipinski definition) is 6. The first kappa shape index (κ1) is 21.9. The molecular formula is C20H16Cl2N2O5S. The molecule has 0 saturated heterocycles. The van der Waals surface area contributed by atoms with Gasteiger partial charge < -0.3 is 14.9 Å². The summed E-state index contributed by atoms with van der Waals surface area (Å²) in [4.78, 5) is 35.9. The number of primary amides is 1. The first-order chi connectivity index (χ1) is 14.3. The van der Waals surface area contributed by atoms with Crippen LogP contribution in [-0.2, 0) is 20.9 Å². The lowest BCUT2D eigenvalue weighted by molar-refractivity contribution is -0.135. The quantitative estimate of drug-likeness (QED) is 0.560. The summed E-state index contributed by atoms with van der Waals surface area (Å²) in [5.41, 5.74) is 5.48. The van der Waals surface area contributed by atoms with E-state index in [1.807, 2.05) is 0 Å². The third kappa shape index (κ3) is 5.02. The molecule has 1 aromatic carbocycles. The van der Waals surface area contributed by atoms with Gasteiger partial charge in [0.1, 0.15) is 22.7 Å². The number of rotatable bonds is 6. The van der Waals surface area contributed by atoms with Crippen LogP contribution in [0, 0.1) is 0 Å². The summed E-state index contributed by atoms with van der Waals surface area (Å²) in [6, 6.07) is 8.50. The van der Waals surface area contributed by atoms with E-state index in [1.54, 1.807) is 37.3 Å². The van der Waals surface area contributed by atoms with Crippen LogP contribution in [0.25, 0.3) is 23.5 Å². The molecular weight excluding hydrogens is 451 g/mol. The molecule has 3 aromatic rings. The highest BCUT2D eigenvalue weighted by atomic mass is 35.5. The summed E-state index contributed by atoms with van der Waals surface area (Å²) in [5, 5.41) is 0.820. The predicted octanol–water partition coefficient (Wildman–Crippen LogP) is 2.13. The van der Waals surface area contributed by atoms with Gasteiger partial charge in [-0.3, -0.25) is 14.2 Å². The maximum atomic E-state index is 12.7. The molecule has 0 saturated carbocycles. The van der Waals surface area contributed by atoms with Crippen molar-refractivity contribution in [1.82, 2.24) is 4.57 Å². The van der Waals surface area contributed by atoms with Gasteiger partial charge in [-0.2, -0.15) is 0 Å². The van der Waals surface area contributed by atoms with Gasteiger partial charge in [0.15, 0.2) is 0 Å². The number of benzene rings is 1. The fraction of sp³-hybridized carbons (Fsp3) is 0.150. The van der Waals surface area contributed by atoms with Crippen molar-refractivity contribution in [3.8, 4) is 11.3 Å². The van der Waals surface area contributed by atoms with Crippen LogP contribution >= 0.6 is 34.5 Å². The average molecular weight is 467 g/mol. The van der Waals surface area contributed by atoms with Gasteiger partial charge in [0, 0.05) is 11.6 Å². The molecule has 0 radical (unpaired) electrons. The van der Waals surface area contributed by atoms with Crippen LogP contribution in [0.2, 0.25) is 10.0 Å². The average Bonchev–Trinajstić information content (AvgIpc) is 3.25. The monoisotopic (exact) mass is 466 g/mol. The number of nitrogens with two attached hydrogens (primary N) is 1. The Morgan fingerprint density at radius 3 is 2.67 bits per heavy atom. The summed E-state index contributed by atoms with van der Waals surface area (Å²) < 4.78 is 12.3. The second-order valence-corrected chi connectivity index (χ2v) is 7.91. The highest BCUT2D eigenvalue weighted by molar-refractivity contribution is 7.07. The number of halogens is 2. The topological polar surface area (TPSA) is 105 Å². The first-order valence-corrected chi connectivity index (χ1v) is 10.3. The predicted molar refractivity (Wildman–Crippen MR) is 116 cm³/mol. The Labute approximate surface area is 184 Å². The Morgan fingerprint density at radius 1 is 1.23 bits per heavy atom. The van der Waals surface area contributed by atoms with Gasteiger partial charge in [-0.15, -0.1) is 11.3 Å². The van der Waals surface area contributed by atoms with E-state index < -0.39 is 17.4 Å². The van der Waals surface area contributed by atoms with Crippen LogP contribution in [0.4, 0.5) is 0 Å². The fourth-order valence-electron chi connectivity index (χ4n) is 2.60. The van der Waals surface area contributed by atoms with Gasteiger partial charge in [-0.05, 0) is 37.3 Å². The molecule has 2 aromatic heterocycles. The lowest BCUT2D eigenvalue weighted by Gasteiger charge is -1.99. The van der Waals surface area contributed by atoms with Crippen molar-refractivity contribution in [3.05, 3.63) is 65.7 Å². The molecule has 0 fully saturated rings. The minimum atomic E-state index is -0.708. The molecule has 2 heterocycles. The number of hydrogen-bond donors (Lipinski definition) is 1. The number of carbonyl (C=O) groups is 2. The first-order valence-electron chi connectivity index (χ1n) is 8.72. The zero-order valence-electron chi connectivity index (χ0n) is 15.7. The van der Waals surface area contributed by atoms with Crippen LogP contribution < -0.4 is 20.5 Å². The van der Waals surface area contributed by atoms with E-state index in [4.69, 9.17) is 38.1 Å². The smallest absolute Gasteiger partial charge is 0.333 e. The number of furan rings is 1. The maximum Gasteiger partial charge on any atom is 0.333 e. The van der Waals surface area contributed by atoms with Crippen molar-refractivity contribution in [1.29, 1.82) is 0 Å². The summed E-state index contributed by atoms with van der Waals surface area (Å²) in [7, 11) is 0. The van der Waals surface area contributed by atoms with Crippen molar-refractivity contribution >= 4 is 58.6 Å². The second kappa shape index (κ2) is 9.34. The van der Waals surface area contributed by atoms with Crippen molar-refractivity contribution in [3.63, 3.8) is 0 Å². The standard InChI is InChI=1S/C20H16Cl2N2O5S/c1-2-28-19(26)9-18-24(10-17(23)25)20(27)16(30-18)8-12-4-6-15(29-12)11-3-5-13(21)14(22)7-11/h3-9H,2,10H2,1H3,(H2,23,25)/b16-8-,18-9-. The molecule has 0 bridgehead atoms. The number of aromatic nitrogens is 1. The minimum absolute atomic E-state index is 0.184. The van der Waals surface area contributed by atoms with E-state index >= 15 is 0 Å². The lowest BCUT2D eigenvalue weighted by atomic mass is 10.2. The van der Waals surface area contributed by atoms with E-state index in [2.05, 4.69) is 0 Å². The zero-order valence-corrected chi connectivity index (χ0v) is 18.0. The third-order valence-electron chi connectivity index (χ3n) is 3.88. The van der Waals surface area contributed by atoms with Gasteiger partial charge in [0.25, 0.3) is 5.56 Å². The molecule has 7 nitrogen and oxygen atoms in total. The molecule has 0 aliphatic heterocycles. The lowest BCUT2D eigenvalue weighted by Crippen LogP contribution is -2.36. The Hall–Kier alpha value is -2.81. The van der Waals surface area contributed by atoms with E-state index in [0.29, 0.717) is 21.6 Å². The Balaban J connectivity index is 2.05. The highest BCUT2D eigenvalue weighted by Gasteiger charge is 2.11. The molecule has 10 heteroatoms. The van der Waals surface area contributed by atoms with Crippen molar-refractivity contribution in [2.24, 2.45) is 5.73 Å². The Kier molecular flexibility index (Phi) is 6.81. The van der Waals surface area contributed by atoms with E-state index in [9.17, 15) is 14.4 Å². The molecule has 30 heavy (non-hydrogen) atoms. The normalized spacial score (nSPS) is 12.4. The molecule has 0 spiro atoms. The zero-order chi connectivity index (χ0) is 21.8. The van der Waals surface area contributed by atoms with Crippen LogP contribution in [0.5, 0.6) is 0 Å². The van der Waals surface area contributed by atoms with Gasteiger partial charge in [-0.1, -0.05) is 23.2 Å². The molecule has 0 aliphatic carbocycles. The SMILES string of the molecule is CCOC(=O)/C=c1\s/c(=C\c2ccc(-c3ccc(Cl)c(Cl)c3)o2)c(=O)n1CC(N)=O. The van der Waals surface area contributed by atoms with Crippen LogP contribution in [0.1, 0.15) is 12.7 Å². The number of thiazole rings is 1. The van der Waals surface area contributed by atoms with E-state index in [0.717, 1.165) is 27.5 Å². The molecule has 0 unspecified atom stereocenters. The van der Waals surface area contributed by atoms with E-state index in [-0.39, 0.29) is 22.3 Å². The molecule has 0 atom stereocenters. The summed E-state index contributed by atoms with van der Waals surface area (Å²) in [6.07, 6.45) is 2.67. The number of nitrogens with zero attached hydrogens (tertiary/aromatic N) is 1. The maximum absolute atomic E-state index is 12.7.